The molecule has 10 nitrogen and oxygen atoms in total. The number of likely N-dealkylation sites (tertiary alicyclic amines) is 2. The van der Waals surface area contributed by atoms with E-state index >= 15 is 0 Å². The molecule has 3 fully saturated rings. The Labute approximate surface area is 291 Å². The zero-order valence-corrected chi connectivity index (χ0v) is 28.9. The number of hydrogen-bond acceptors (Lipinski definition) is 6. The first-order chi connectivity index (χ1) is 23.5. The monoisotopic (exact) mass is 745 g/mol. The van der Waals surface area contributed by atoms with Crippen LogP contribution in [0.2, 0.25) is 0 Å². The number of halogens is 4. The second-order valence-electron chi connectivity index (χ2n) is 13.6. The van der Waals surface area contributed by atoms with Crippen LogP contribution in [0.5, 0.6) is 0 Å². The number of aromatic nitrogens is 3. The molecular weight excluding hydrogens is 703 g/mol. The first-order valence-electron chi connectivity index (χ1n) is 17.1. The molecule has 3 aliphatic heterocycles. The molecule has 0 spiro atoms. The second kappa shape index (κ2) is 15.1. The number of anilines is 1. The third-order valence-electron chi connectivity index (χ3n) is 10.5. The summed E-state index contributed by atoms with van der Waals surface area (Å²) in [6.07, 6.45) is 0.219. The maximum Gasteiger partial charge on any atom is 0.418 e. The molecule has 3 aromatic rings. The number of nitrogens with zero attached hydrogens (tertiary/aromatic N) is 4. The Kier molecular flexibility index (Phi) is 10.8. The Morgan fingerprint density at radius 2 is 1.57 bits per heavy atom. The van der Waals surface area contributed by atoms with Crippen molar-refractivity contribution in [1.29, 1.82) is 0 Å². The van der Waals surface area contributed by atoms with Crippen molar-refractivity contribution in [3.63, 3.8) is 0 Å². The molecule has 0 radical (unpaired) electrons. The molecule has 14 heteroatoms. The molecule has 4 heterocycles. The number of carbonyl (C=O) groups is 2. The summed E-state index contributed by atoms with van der Waals surface area (Å²) in [4.78, 5) is 46.9. The molecule has 4 N–H and O–H groups in total. The van der Waals surface area contributed by atoms with Gasteiger partial charge in [-0.1, -0.05) is 30.3 Å². The van der Waals surface area contributed by atoms with Crippen LogP contribution in [0, 0.1) is 17.8 Å². The number of nitrogens with one attached hydrogen (secondary N) is 2. The van der Waals surface area contributed by atoms with Crippen molar-refractivity contribution in [1.82, 2.24) is 29.9 Å². The van der Waals surface area contributed by atoms with E-state index in [9.17, 15) is 27.6 Å². The maximum absolute atomic E-state index is 14.1. The van der Waals surface area contributed by atoms with Gasteiger partial charge >= 0.3 is 11.9 Å². The molecule has 3 aliphatic rings. The predicted molar refractivity (Wildman–Crippen MR) is 183 cm³/mol. The van der Waals surface area contributed by atoms with Crippen molar-refractivity contribution in [3.05, 3.63) is 68.5 Å². The summed E-state index contributed by atoms with van der Waals surface area (Å²) < 4.78 is 43.1. The summed E-state index contributed by atoms with van der Waals surface area (Å²) in [6, 6.07) is 11.7. The number of H-pyrrole nitrogens is 1. The number of benzene rings is 2. The van der Waals surface area contributed by atoms with Gasteiger partial charge in [0.25, 0.3) is 0 Å². The molecule has 1 atom stereocenters. The van der Waals surface area contributed by atoms with Crippen LogP contribution < -0.4 is 16.7 Å². The van der Waals surface area contributed by atoms with E-state index in [-0.39, 0.29) is 46.4 Å². The quantitative estimate of drug-likeness (QED) is 0.270. The summed E-state index contributed by atoms with van der Waals surface area (Å²) >= 11 is 3.16. The molecule has 49 heavy (non-hydrogen) atoms. The molecule has 2 amide bonds. The summed E-state index contributed by atoms with van der Waals surface area (Å²) in [7, 11) is 0. The zero-order chi connectivity index (χ0) is 34.7. The van der Waals surface area contributed by atoms with E-state index in [1.54, 1.807) is 9.80 Å². The lowest BCUT2D eigenvalue weighted by molar-refractivity contribution is -0.143. The Hall–Kier alpha value is -3.65. The van der Waals surface area contributed by atoms with Crippen LogP contribution in [-0.2, 0) is 22.2 Å². The maximum atomic E-state index is 14.1. The summed E-state index contributed by atoms with van der Waals surface area (Å²) in [5.74, 6) is 0.388. The number of amides is 2. The molecule has 264 valence electrons. The first kappa shape index (κ1) is 35.2. The molecule has 0 bridgehead atoms. The smallest absolute Gasteiger partial charge is 0.397 e. The van der Waals surface area contributed by atoms with E-state index in [1.165, 1.54) is 10.7 Å². The van der Waals surface area contributed by atoms with Gasteiger partial charge in [-0.3, -0.25) is 14.6 Å². The number of carbonyl (C=O) groups excluding carboxylic acids is 2. The standard InChI is InChI=1S/C35H43BrF3N7O3/c36-29-20-22(19-28(31(29)40)35(37,38)39)18-26(33(48)45-14-8-24(9-15-45)23-6-12-41-13-7-23)21-30(47)44-16-10-27(11-17-44)46-34(49)42-32(43-46)25-4-2-1-3-5-25/h1-5,19-20,23-24,26-27,41H,6-18,21,40H2,(H,42,43,49)/t26-/m0/s1. The number of hydrogen-bond donors (Lipinski definition) is 3. The van der Waals surface area contributed by atoms with Gasteiger partial charge in [-0.2, -0.15) is 13.2 Å². The van der Waals surface area contributed by atoms with Gasteiger partial charge in [-0.15, -0.1) is 5.10 Å². The van der Waals surface area contributed by atoms with Gasteiger partial charge in [0.1, 0.15) is 0 Å². The van der Waals surface area contributed by atoms with Gasteiger partial charge in [0.15, 0.2) is 5.82 Å². The summed E-state index contributed by atoms with van der Waals surface area (Å²) in [6.45, 7) is 3.92. The van der Waals surface area contributed by atoms with Gasteiger partial charge in [0.2, 0.25) is 11.8 Å². The predicted octanol–water partition coefficient (Wildman–Crippen LogP) is 5.25. The Bertz CT molecular complexity index is 1670. The number of rotatable bonds is 8. The van der Waals surface area contributed by atoms with Gasteiger partial charge in [0.05, 0.1) is 23.2 Å². The molecule has 2 aromatic carbocycles. The second-order valence-corrected chi connectivity index (χ2v) is 14.4. The minimum atomic E-state index is -4.67. The highest BCUT2D eigenvalue weighted by atomic mass is 79.9. The first-order valence-corrected chi connectivity index (χ1v) is 17.9. The SMILES string of the molecule is Nc1c(Br)cc(C[C@@H](CC(=O)N2CCC(n3nc(-c4ccccc4)[nH]c3=O)CC2)C(=O)N2CCC(C3CCNCC3)CC2)cc1C(F)(F)F. The molecule has 3 saturated heterocycles. The van der Waals surface area contributed by atoms with Crippen LogP contribution in [0.1, 0.15) is 62.1 Å². The van der Waals surface area contributed by atoms with Crippen molar-refractivity contribution in [2.24, 2.45) is 17.8 Å². The Morgan fingerprint density at radius 3 is 2.22 bits per heavy atom. The fraction of sp³-hybridized carbons (Fsp3) is 0.543. The van der Waals surface area contributed by atoms with Crippen LogP contribution >= 0.6 is 15.9 Å². The van der Waals surface area contributed by atoms with E-state index in [1.807, 2.05) is 30.3 Å². The van der Waals surface area contributed by atoms with Crippen molar-refractivity contribution in [2.75, 3.05) is 45.0 Å². The fourth-order valence-corrected chi connectivity index (χ4v) is 8.24. The van der Waals surface area contributed by atoms with Gasteiger partial charge < -0.3 is 20.9 Å². The average molecular weight is 747 g/mol. The molecule has 0 aliphatic carbocycles. The van der Waals surface area contributed by atoms with Gasteiger partial charge in [0, 0.05) is 42.6 Å². The third-order valence-corrected chi connectivity index (χ3v) is 11.2. The van der Waals surface area contributed by atoms with Crippen LogP contribution in [0.15, 0.2) is 51.7 Å². The number of aromatic amines is 1. The number of nitrogens with two attached hydrogens (primary N) is 1. The molecular formula is C35H43BrF3N7O3. The number of nitrogen functional groups attached to an aromatic ring is 1. The minimum absolute atomic E-state index is 0.0256. The largest absolute Gasteiger partial charge is 0.418 e. The topological polar surface area (TPSA) is 129 Å². The molecule has 6 rings (SSSR count). The van der Waals surface area contributed by atoms with Crippen molar-refractivity contribution < 1.29 is 22.8 Å². The van der Waals surface area contributed by atoms with E-state index in [0.29, 0.717) is 56.7 Å². The highest BCUT2D eigenvalue weighted by molar-refractivity contribution is 9.10. The molecule has 1 aromatic heterocycles. The number of alkyl halides is 3. The lowest BCUT2D eigenvalue weighted by Crippen LogP contribution is -2.46. The van der Waals surface area contributed by atoms with E-state index in [2.05, 4.69) is 31.3 Å². The highest BCUT2D eigenvalue weighted by Crippen LogP contribution is 2.39. The number of piperidine rings is 3. The summed E-state index contributed by atoms with van der Waals surface area (Å²) in [5, 5.41) is 7.92. The van der Waals surface area contributed by atoms with Crippen molar-refractivity contribution >= 4 is 33.4 Å². The normalized spacial score (nSPS) is 19.3. The molecule has 0 saturated carbocycles. The lowest BCUT2D eigenvalue weighted by Gasteiger charge is -2.39. The van der Waals surface area contributed by atoms with Crippen molar-refractivity contribution in [2.45, 2.75) is 63.6 Å². The van der Waals surface area contributed by atoms with Gasteiger partial charge in [-0.25, -0.2) is 9.48 Å². The minimum Gasteiger partial charge on any atom is -0.397 e. The Morgan fingerprint density at radius 1 is 0.939 bits per heavy atom. The zero-order valence-electron chi connectivity index (χ0n) is 27.4. The van der Waals surface area contributed by atoms with E-state index in [0.717, 1.165) is 50.4 Å². The van der Waals surface area contributed by atoms with E-state index in [4.69, 9.17) is 5.73 Å². The van der Waals surface area contributed by atoms with Crippen LogP contribution in [0.4, 0.5) is 18.9 Å². The average Bonchev–Trinajstić information content (AvgIpc) is 3.51. The third kappa shape index (κ3) is 8.22. The fourth-order valence-electron chi connectivity index (χ4n) is 7.73. The van der Waals surface area contributed by atoms with Gasteiger partial charge in [-0.05, 0) is 103 Å². The van der Waals surface area contributed by atoms with E-state index < -0.39 is 23.3 Å². The Balaban J connectivity index is 1.14. The van der Waals surface area contributed by atoms with Crippen LogP contribution in [0.3, 0.4) is 0 Å². The highest BCUT2D eigenvalue weighted by Gasteiger charge is 2.37. The molecule has 0 unspecified atom stereocenters. The van der Waals surface area contributed by atoms with Crippen molar-refractivity contribution in [3.8, 4) is 11.4 Å². The summed E-state index contributed by atoms with van der Waals surface area (Å²) in [5.41, 5.74) is 5.15. The lowest BCUT2D eigenvalue weighted by atomic mass is 9.79. The van der Waals surface area contributed by atoms with Crippen LogP contribution in [0.25, 0.3) is 11.4 Å². The van der Waals surface area contributed by atoms with Crippen LogP contribution in [-0.4, -0.2) is 75.6 Å².